The van der Waals surface area contributed by atoms with Gasteiger partial charge in [-0.15, -0.1) is 0 Å². The summed E-state index contributed by atoms with van der Waals surface area (Å²) in [5.74, 6) is -0.363. The summed E-state index contributed by atoms with van der Waals surface area (Å²) < 4.78 is 13.5. The van der Waals surface area contributed by atoms with Crippen LogP contribution in [0, 0.1) is 17.1 Å². The van der Waals surface area contributed by atoms with Gasteiger partial charge >= 0.3 is 0 Å². The molecule has 17 heavy (non-hydrogen) atoms. The Balaban J connectivity index is 1.84. The van der Waals surface area contributed by atoms with Crippen LogP contribution in [0.1, 0.15) is 18.4 Å². The van der Waals surface area contributed by atoms with Crippen LogP contribution in [-0.2, 0) is 0 Å². The number of rotatable bonds is 5. The predicted molar refractivity (Wildman–Crippen MR) is 65.3 cm³/mol. The highest BCUT2D eigenvalue weighted by Gasteiger charge is 2.25. The average Bonchev–Trinajstić information content (AvgIpc) is 3.15. The molecule has 2 rings (SSSR count). The quantitative estimate of drug-likeness (QED) is 0.847. The molecular formula is C13H16FN3. The third kappa shape index (κ3) is 3.18. The molecule has 0 aromatic heterocycles. The minimum Gasteiger partial charge on any atom is -0.381 e. The van der Waals surface area contributed by atoms with Crippen molar-refractivity contribution in [3.05, 3.63) is 29.6 Å². The van der Waals surface area contributed by atoms with E-state index in [1.807, 2.05) is 6.07 Å². The number of halogens is 1. The molecule has 0 atom stereocenters. The lowest BCUT2D eigenvalue weighted by Crippen LogP contribution is -2.27. The van der Waals surface area contributed by atoms with E-state index in [0.717, 1.165) is 19.1 Å². The number of nitrogens with one attached hydrogen (secondary N) is 1. The first-order chi connectivity index (χ1) is 8.20. The number of benzene rings is 1. The van der Waals surface area contributed by atoms with E-state index < -0.39 is 0 Å². The van der Waals surface area contributed by atoms with Gasteiger partial charge in [0.1, 0.15) is 5.82 Å². The molecule has 0 unspecified atom stereocenters. The minimum atomic E-state index is -0.363. The average molecular weight is 233 g/mol. The normalized spacial score (nSPS) is 14.7. The first-order valence-corrected chi connectivity index (χ1v) is 5.84. The Kier molecular flexibility index (Phi) is 3.60. The number of likely N-dealkylation sites (N-methyl/N-ethyl adjacent to an activating group) is 1. The Morgan fingerprint density at radius 1 is 1.53 bits per heavy atom. The first kappa shape index (κ1) is 11.9. The Morgan fingerprint density at radius 2 is 2.29 bits per heavy atom. The molecule has 90 valence electrons. The summed E-state index contributed by atoms with van der Waals surface area (Å²) in [5.41, 5.74) is 0.816. The zero-order valence-electron chi connectivity index (χ0n) is 9.91. The van der Waals surface area contributed by atoms with Gasteiger partial charge in [0, 0.05) is 19.1 Å². The zero-order chi connectivity index (χ0) is 12.3. The molecule has 0 aliphatic heterocycles. The van der Waals surface area contributed by atoms with Crippen molar-refractivity contribution < 1.29 is 4.39 Å². The molecule has 0 spiro atoms. The number of nitriles is 1. The molecule has 3 nitrogen and oxygen atoms in total. The van der Waals surface area contributed by atoms with E-state index >= 15 is 0 Å². The Morgan fingerprint density at radius 3 is 2.88 bits per heavy atom. The molecule has 0 heterocycles. The summed E-state index contributed by atoms with van der Waals surface area (Å²) in [4.78, 5) is 2.29. The van der Waals surface area contributed by atoms with Crippen molar-refractivity contribution in [3.8, 4) is 6.07 Å². The summed E-state index contributed by atoms with van der Waals surface area (Å²) in [6, 6.07) is 7.14. The third-order valence-corrected chi connectivity index (χ3v) is 3.05. The monoisotopic (exact) mass is 233 g/mol. The van der Waals surface area contributed by atoms with Crippen LogP contribution in [0.2, 0.25) is 0 Å². The van der Waals surface area contributed by atoms with Crippen LogP contribution in [0.15, 0.2) is 18.2 Å². The highest BCUT2D eigenvalue weighted by atomic mass is 19.1. The van der Waals surface area contributed by atoms with Gasteiger partial charge in [0.25, 0.3) is 0 Å². The summed E-state index contributed by atoms with van der Waals surface area (Å²) >= 11 is 0. The maximum absolute atomic E-state index is 13.5. The predicted octanol–water partition coefficient (Wildman–Crippen LogP) is 2.20. The summed E-state index contributed by atoms with van der Waals surface area (Å²) in [7, 11) is 2.09. The van der Waals surface area contributed by atoms with Crippen molar-refractivity contribution in [2.24, 2.45) is 0 Å². The van der Waals surface area contributed by atoms with Gasteiger partial charge in [-0.3, -0.25) is 0 Å². The second kappa shape index (κ2) is 5.15. The van der Waals surface area contributed by atoms with Crippen LogP contribution in [-0.4, -0.2) is 31.1 Å². The van der Waals surface area contributed by atoms with Crippen LogP contribution < -0.4 is 5.32 Å². The first-order valence-electron chi connectivity index (χ1n) is 5.84. The molecule has 1 aromatic rings. The van der Waals surface area contributed by atoms with E-state index in [0.29, 0.717) is 11.3 Å². The molecular weight excluding hydrogens is 217 g/mol. The van der Waals surface area contributed by atoms with Crippen LogP contribution >= 0.6 is 0 Å². The molecule has 0 saturated heterocycles. The number of nitrogens with zero attached hydrogens (tertiary/aromatic N) is 2. The van der Waals surface area contributed by atoms with Crippen molar-refractivity contribution in [1.29, 1.82) is 5.26 Å². The molecule has 0 amide bonds. The van der Waals surface area contributed by atoms with Crippen molar-refractivity contribution in [3.63, 3.8) is 0 Å². The SMILES string of the molecule is CN(CCNc1ccc(C#N)cc1F)C1CC1. The fraction of sp³-hybridized carbons (Fsp3) is 0.462. The molecule has 0 bridgehead atoms. The Hall–Kier alpha value is -1.60. The van der Waals surface area contributed by atoms with Crippen molar-refractivity contribution in [1.82, 2.24) is 4.90 Å². The third-order valence-electron chi connectivity index (χ3n) is 3.05. The van der Waals surface area contributed by atoms with Crippen molar-refractivity contribution in [2.75, 3.05) is 25.5 Å². The molecule has 1 aliphatic carbocycles. The second-order valence-corrected chi connectivity index (χ2v) is 4.44. The van der Waals surface area contributed by atoms with E-state index in [1.54, 1.807) is 12.1 Å². The fourth-order valence-electron chi connectivity index (χ4n) is 1.79. The lowest BCUT2D eigenvalue weighted by atomic mass is 10.2. The smallest absolute Gasteiger partial charge is 0.147 e. The number of hydrogen-bond donors (Lipinski definition) is 1. The molecule has 4 heteroatoms. The minimum absolute atomic E-state index is 0.350. The van der Waals surface area contributed by atoms with E-state index in [2.05, 4.69) is 17.3 Å². The zero-order valence-corrected chi connectivity index (χ0v) is 9.91. The maximum atomic E-state index is 13.5. The Bertz CT molecular complexity index is 435. The topological polar surface area (TPSA) is 39.1 Å². The molecule has 1 fully saturated rings. The molecule has 0 radical (unpaired) electrons. The van der Waals surface area contributed by atoms with Gasteiger partial charge in [0.2, 0.25) is 0 Å². The van der Waals surface area contributed by atoms with E-state index in [4.69, 9.17) is 5.26 Å². The number of hydrogen-bond acceptors (Lipinski definition) is 3. The molecule has 1 N–H and O–H groups in total. The standard InChI is InChI=1S/C13H16FN3/c1-17(11-3-4-11)7-6-16-13-5-2-10(9-15)8-12(13)14/h2,5,8,11,16H,3-4,6-7H2,1H3. The molecule has 1 aliphatic rings. The van der Waals surface area contributed by atoms with Gasteiger partial charge in [0.15, 0.2) is 0 Å². The Labute approximate surface area is 101 Å². The fourth-order valence-corrected chi connectivity index (χ4v) is 1.79. The largest absolute Gasteiger partial charge is 0.381 e. The van der Waals surface area contributed by atoms with Crippen molar-refractivity contribution in [2.45, 2.75) is 18.9 Å². The van der Waals surface area contributed by atoms with Gasteiger partial charge in [-0.05, 0) is 38.1 Å². The van der Waals surface area contributed by atoms with Crippen molar-refractivity contribution >= 4 is 5.69 Å². The van der Waals surface area contributed by atoms with E-state index in [9.17, 15) is 4.39 Å². The summed E-state index contributed by atoms with van der Waals surface area (Å²) in [6.45, 7) is 1.62. The molecule has 1 saturated carbocycles. The highest BCUT2D eigenvalue weighted by Crippen LogP contribution is 2.24. The maximum Gasteiger partial charge on any atom is 0.147 e. The number of anilines is 1. The van der Waals surface area contributed by atoms with E-state index in [1.165, 1.54) is 18.9 Å². The lowest BCUT2D eigenvalue weighted by molar-refractivity contribution is 0.337. The van der Waals surface area contributed by atoms with Crippen LogP contribution in [0.25, 0.3) is 0 Å². The summed E-state index contributed by atoms with van der Waals surface area (Å²) in [6.07, 6.45) is 2.56. The van der Waals surface area contributed by atoms with Crippen LogP contribution in [0.5, 0.6) is 0 Å². The van der Waals surface area contributed by atoms with Crippen LogP contribution in [0.4, 0.5) is 10.1 Å². The van der Waals surface area contributed by atoms with Gasteiger partial charge in [-0.2, -0.15) is 5.26 Å². The van der Waals surface area contributed by atoms with E-state index in [-0.39, 0.29) is 5.82 Å². The van der Waals surface area contributed by atoms with Gasteiger partial charge in [-0.1, -0.05) is 0 Å². The van der Waals surface area contributed by atoms with Gasteiger partial charge in [0.05, 0.1) is 17.3 Å². The lowest BCUT2D eigenvalue weighted by Gasteiger charge is -2.16. The van der Waals surface area contributed by atoms with Gasteiger partial charge in [-0.25, -0.2) is 4.39 Å². The second-order valence-electron chi connectivity index (χ2n) is 4.44. The highest BCUT2D eigenvalue weighted by molar-refractivity contribution is 5.48. The summed E-state index contributed by atoms with van der Waals surface area (Å²) in [5, 5.41) is 11.7. The van der Waals surface area contributed by atoms with Crippen LogP contribution in [0.3, 0.4) is 0 Å². The van der Waals surface area contributed by atoms with Gasteiger partial charge < -0.3 is 10.2 Å². The molecule has 1 aromatic carbocycles.